The number of aromatic nitrogens is 2. The molecule has 2 aromatic rings. The summed E-state index contributed by atoms with van der Waals surface area (Å²) in [4.78, 5) is 31.2. The lowest BCUT2D eigenvalue weighted by atomic mass is 9.86. The summed E-state index contributed by atoms with van der Waals surface area (Å²) in [5.41, 5.74) is 1.76. The first kappa shape index (κ1) is 21.7. The molecule has 30 heavy (non-hydrogen) atoms. The van der Waals surface area contributed by atoms with Crippen LogP contribution in [-0.2, 0) is 11.3 Å². The van der Waals surface area contributed by atoms with Crippen molar-refractivity contribution in [1.82, 2.24) is 14.9 Å². The van der Waals surface area contributed by atoms with E-state index < -0.39 is 5.97 Å². The van der Waals surface area contributed by atoms with Crippen LogP contribution >= 0.6 is 0 Å². The zero-order valence-corrected chi connectivity index (χ0v) is 18.1. The highest BCUT2D eigenvalue weighted by molar-refractivity contribution is 5.97. The molecule has 0 radical (unpaired) electrons. The van der Waals surface area contributed by atoms with Crippen LogP contribution in [-0.4, -0.2) is 47.8 Å². The highest BCUT2D eigenvalue weighted by atomic mass is 16.5. The minimum Gasteiger partial charge on any atom is -0.465 e. The van der Waals surface area contributed by atoms with Crippen molar-refractivity contribution < 1.29 is 14.3 Å². The van der Waals surface area contributed by atoms with E-state index in [0.717, 1.165) is 31.6 Å². The molecule has 0 unspecified atom stereocenters. The van der Waals surface area contributed by atoms with E-state index in [9.17, 15) is 9.59 Å². The van der Waals surface area contributed by atoms with Crippen molar-refractivity contribution in [2.45, 2.75) is 46.2 Å². The van der Waals surface area contributed by atoms with Gasteiger partial charge in [0.15, 0.2) is 0 Å². The normalized spacial score (nSPS) is 15.0. The predicted octanol–water partition coefficient (Wildman–Crippen LogP) is 3.51. The van der Waals surface area contributed by atoms with Gasteiger partial charge in [0.05, 0.1) is 36.4 Å². The molecule has 2 N–H and O–H groups in total. The first-order chi connectivity index (χ1) is 14.3. The SMILES string of the molecule is COC(=O)c1ccc(N2CCCC2)c(NC(=O)N[C@@H](Cn2ccnc2)C(C)(C)C)c1. The average Bonchev–Trinajstić information content (AvgIpc) is 3.40. The molecule has 1 saturated heterocycles. The Morgan fingerprint density at radius 1 is 1.23 bits per heavy atom. The van der Waals surface area contributed by atoms with Gasteiger partial charge in [-0.2, -0.15) is 0 Å². The molecule has 0 aliphatic carbocycles. The molecule has 1 aliphatic heterocycles. The Labute approximate surface area is 177 Å². The molecular formula is C22H31N5O3. The molecule has 2 amide bonds. The summed E-state index contributed by atoms with van der Waals surface area (Å²) in [5.74, 6) is -0.431. The van der Waals surface area contributed by atoms with Crippen molar-refractivity contribution in [2.75, 3.05) is 30.4 Å². The number of carbonyl (C=O) groups is 2. The van der Waals surface area contributed by atoms with Gasteiger partial charge in [-0.05, 0) is 36.5 Å². The molecule has 3 rings (SSSR count). The lowest BCUT2D eigenvalue weighted by Crippen LogP contribution is -2.48. The van der Waals surface area contributed by atoms with Gasteiger partial charge < -0.3 is 24.8 Å². The van der Waals surface area contributed by atoms with Crippen LogP contribution in [0.5, 0.6) is 0 Å². The molecule has 8 heteroatoms. The van der Waals surface area contributed by atoms with Crippen LogP contribution in [0.3, 0.4) is 0 Å². The number of carbonyl (C=O) groups excluding carboxylic acids is 2. The van der Waals surface area contributed by atoms with Crippen LogP contribution in [0.25, 0.3) is 0 Å². The minimum absolute atomic E-state index is 0.120. The fourth-order valence-electron chi connectivity index (χ4n) is 3.57. The molecule has 0 bridgehead atoms. The Morgan fingerprint density at radius 3 is 2.57 bits per heavy atom. The molecule has 1 aromatic heterocycles. The number of nitrogens with zero attached hydrogens (tertiary/aromatic N) is 3. The number of rotatable bonds is 6. The van der Waals surface area contributed by atoms with Gasteiger partial charge in [0.2, 0.25) is 0 Å². The Bertz CT molecular complexity index is 867. The maximum atomic E-state index is 12.9. The summed E-state index contributed by atoms with van der Waals surface area (Å²) in [6.45, 7) is 8.73. The monoisotopic (exact) mass is 413 g/mol. The number of anilines is 2. The van der Waals surface area contributed by atoms with Crippen LogP contribution < -0.4 is 15.5 Å². The van der Waals surface area contributed by atoms with Gasteiger partial charge in [0.25, 0.3) is 0 Å². The standard InChI is InChI=1S/C22H31N5O3/c1-22(2,3)19(14-26-12-9-23-15-26)25-21(29)24-17-13-16(20(28)30-4)7-8-18(17)27-10-5-6-11-27/h7-9,12-13,15,19H,5-6,10-11,14H2,1-4H3,(H2,24,25,29)/t19-/m0/s1. The van der Waals surface area contributed by atoms with Crippen molar-refractivity contribution in [3.8, 4) is 0 Å². The maximum absolute atomic E-state index is 12.9. The van der Waals surface area contributed by atoms with Crippen molar-refractivity contribution in [3.05, 3.63) is 42.5 Å². The lowest BCUT2D eigenvalue weighted by Gasteiger charge is -2.32. The first-order valence-electron chi connectivity index (χ1n) is 10.3. The molecule has 1 aromatic carbocycles. The highest BCUT2D eigenvalue weighted by Crippen LogP contribution is 2.30. The Kier molecular flexibility index (Phi) is 6.64. The lowest BCUT2D eigenvalue weighted by molar-refractivity contribution is 0.0600. The molecule has 0 spiro atoms. The maximum Gasteiger partial charge on any atom is 0.337 e. The Hall–Kier alpha value is -3.03. The van der Waals surface area contributed by atoms with E-state index in [1.54, 1.807) is 24.7 Å². The number of nitrogens with one attached hydrogen (secondary N) is 2. The smallest absolute Gasteiger partial charge is 0.337 e. The number of methoxy groups -OCH3 is 1. The van der Waals surface area contributed by atoms with Crippen LogP contribution in [0.4, 0.5) is 16.2 Å². The third-order valence-corrected chi connectivity index (χ3v) is 5.42. The minimum atomic E-state index is -0.431. The summed E-state index contributed by atoms with van der Waals surface area (Å²) in [7, 11) is 1.35. The summed E-state index contributed by atoms with van der Waals surface area (Å²) >= 11 is 0. The third kappa shape index (κ3) is 5.31. The van der Waals surface area contributed by atoms with E-state index >= 15 is 0 Å². The molecule has 1 atom stereocenters. The van der Waals surface area contributed by atoms with Gasteiger partial charge in [-0.25, -0.2) is 14.6 Å². The zero-order chi connectivity index (χ0) is 21.7. The predicted molar refractivity (Wildman–Crippen MR) is 117 cm³/mol. The fourth-order valence-corrected chi connectivity index (χ4v) is 3.57. The second-order valence-corrected chi connectivity index (χ2v) is 8.69. The van der Waals surface area contributed by atoms with Gasteiger partial charge in [-0.1, -0.05) is 20.8 Å². The summed E-state index contributed by atoms with van der Waals surface area (Å²) < 4.78 is 6.79. The molecule has 2 heterocycles. The molecule has 1 aliphatic rings. The number of ether oxygens (including phenoxy) is 1. The average molecular weight is 414 g/mol. The Balaban J connectivity index is 1.80. The van der Waals surface area contributed by atoms with E-state index in [2.05, 4.69) is 41.3 Å². The largest absolute Gasteiger partial charge is 0.465 e. The van der Waals surface area contributed by atoms with Crippen LogP contribution in [0, 0.1) is 5.41 Å². The molecular weight excluding hydrogens is 382 g/mol. The number of imidazole rings is 1. The van der Waals surface area contributed by atoms with Crippen molar-refractivity contribution in [2.24, 2.45) is 5.41 Å². The van der Waals surface area contributed by atoms with E-state index in [-0.39, 0.29) is 17.5 Å². The summed E-state index contributed by atoms with van der Waals surface area (Å²) in [6.07, 6.45) is 7.57. The fraction of sp³-hybridized carbons (Fsp3) is 0.500. The van der Waals surface area contributed by atoms with E-state index in [0.29, 0.717) is 17.8 Å². The van der Waals surface area contributed by atoms with Crippen LogP contribution in [0.15, 0.2) is 36.9 Å². The topological polar surface area (TPSA) is 88.5 Å². The number of amides is 2. The number of benzene rings is 1. The number of urea groups is 1. The molecule has 8 nitrogen and oxygen atoms in total. The quantitative estimate of drug-likeness (QED) is 0.708. The summed E-state index contributed by atoms with van der Waals surface area (Å²) in [6, 6.07) is 4.86. The van der Waals surface area contributed by atoms with E-state index in [1.165, 1.54) is 7.11 Å². The van der Waals surface area contributed by atoms with Gasteiger partial charge in [0.1, 0.15) is 0 Å². The van der Waals surface area contributed by atoms with Crippen molar-refractivity contribution >= 4 is 23.4 Å². The van der Waals surface area contributed by atoms with E-state index in [4.69, 9.17) is 4.74 Å². The van der Waals surface area contributed by atoms with Crippen molar-refractivity contribution in [1.29, 1.82) is 0 Å². The Morgan fingerprint density at radius 2 is 1.97 bits per heavy atom. The molecule has 0 saturated carbocycles. The highest BCUT2D eigenvalue weighted by Gasteiger charge is 2.27. The van der Waals surface area contributed by atoms with Gasteiger partial charge in [0, 0.05) is 32.0 Å². The number of hydrogen-bond acceptors (Lipinski definition) is 5. The van der Waals surface area contributed by atoms with Gasteiger partial charge in [-0.3, -0.25) is 0 Å². The molecule has 1 fully saturated rings. The summed E-state index contributed by atoms with van der Waals surface area (Å²) in [5, 5.41) is 6.06. The van der Waals surface area contributed by atoms with Crippen LogP contribution in [0.1, 0.15) is 44.0 Å². The number of esters is 1. The van der Waals surface area contributed by atoms with Gasteiger partial charge in [-0.15, -0.1) is 0 Å². The van der Waals surface area contributed by atoms with Crippen LogP contribution in [0.2, 0.25) is 0 Å². The number of hydrogen-bond donors (Lipinski definition) is 2. The van der Waals surface area contributed by atoms with E-state index in [1.807, 2.05) is 16.8 Å². The second-order valence-electron chi connectivity index (χ2n) is 8.69. The second kappa shape index (κ2) is 9.19. The van der Waals surface area contributed by atoms with Crippen molar-refractivity contribution in [3.63, 3.8) is 0 Å². The third-order valence-electron chi connectivity index (χ3n) is 5.42. The first-order valence-corrected chi connectivity index (χ1v) is 10.3. The molecule has 162 valence electrons. The van der Waals surface area contributed by atoms with Gasteiger partial charge >= 0.3 is 12.0 Å². The zero-order valence-electron chi connectivity index (χ0n) is 18.1.